The zero-order chi connectivity index (χ0) is 12.8. The van der Waals surface area contributed by atoms with Crippen molar-refractivity contribution in [2.24, 2.45) is 0 Å². The van der Waals surface area contributed by atoms with E-state index in [-0.39, 0.29) is 0 Å². The van der Waals surface area contributed by atoms with Crippen LogP contribution in [-0.2, 0) is 6.54 Å². The first kappa shape index (κ1) is 13.9. The van der Waals surface area contributed by atoms with E-state index in [2.05, 4.69) is 36.2 Å². The summed E-state index contributed by atoms with van der Waals surface area (Å²) in [5.41, 5.74) is 3.28. The normalized spacial score (nSPS) is 10.9. The second-order valence-electron chi connectivity index (χ2n) is 4.53. The molecule has 1 N–H and O–H groups in total. The number of rotatable bonds is 6. The van der Waals surface area contributed by atoms with Gasteiger partial charge in [0.25, 0.3) is 0 Å². The van der Waals surface area contributed by atoms with Gasteiger partial charge < -0.3 is 15.0 Å². The molecule has 4 heteroatoms. The van der Waals surface area contributed by atoms with Crippen LogP contribution in [0, 0.1) is 13.8 Å². The molecular weight excluding hydrogens is 214 g/mol. The Morgan fingerprint density at radius 2 is 2.06 bits per heavy atom. The van der Waals surface area contributed by atoms with E-state index in [4.69, 9.17) is 4.74 Å². The topological polar surface area (TPSA) is 37.4 Å². The third-order valence-electron chi connectivity index (χ3n) is 2.78. The summed E-state index contributed by atoms with van der Waals surface area (Å²) in [6, 6.07) is 0. The average Bonchev–Trinajstić information content (AvgIpc) is 2.27. The maximum absolute atomic E-state index is 5.38. The van der Waals surface area contributed by atoms with Crippen molar-refractivity contribution < 1.29 is 4.74 Å². The molecule has 0 fully saturated rings. The van der Waals surface area contributed by atoms with Crippen LogP contribution in [-0.4, -0.2) is 44.2 Å². The number of nitrogens with one attached hydrogen (secondary N) is 1. The molecule has 0 amide bonds. The predicted molar refractivity (Wildman–Crippen MR) is 70.5 cm³/mol. The van der Waals surface area contributed by atoms with Crippen LogP contribution in [0.5, 0.6) is 5.75 Å². The number of aromatic nitrogens is 1. The molecule has 1 rings (SSSR count). The van der Waals surface area contributed by atoms with E-state index >= 15 is 0 Å². The molecule has 0 spiro atoms. The standard InChI is InChI=1S/C13H23N3O/c1-10-8-15-12(11(2)13(10)17-5)9-14-6-7-16(3)4/h8,14H,6-7,9H2,1-5H3. The minimum Gasteiger partial charge on any atom is -0.496 e. The molecule has 0 aromatic carbocycles. The number of nitrogens with zero attached hydrogens (tertiary/aromatic N) is 2. The fraction of sp³-hybridized carbons (Fsp3) is 0.615. The van der Waals surface area contributed by atoms with E-state index < -0.39 is 0 Å². The predicted octanol–water partition coefficient (Wildman–Crippen LogP) is 1.36. The summed E-state index contributed by atoms with van der Waals surface area (Å²) < 4.78 is 5.38. The maximum atomic E-state index is 5.38. The lowest BCUT2D eigenvalue weighted by Crippen LogP contribution is -2.26. The first-order chi connectivity index (χ1) is 8.06. The van der Waals surface area contributed by atoms with Crippen LogP contribution in [0.15, 0.2) is 6.20 Å². The molecule has 0 saturated carbocycles. The third kappa shape index (κ3) is 3.98. The van der Waals surface area contributed by atoms with Crippen molar-refractivity contribution in [3.8, 4) is 5.75 Å². The van der Waals surface area contributed by atoms with E-state index in [1.54, 1.807) is 7.11 Å². The summed E-state index contributed by atoms with van der Waals surface area (Å²) in [7, 11) is 5.85. The van der Waals surface area contributed by atoms with Crippen molar-refractivity contribution in [2.75, 3.05) is 34.3 Å². The molecule has 96 valence electrons. The molecule has 1 aromatic rings. The van der Waals surface area contributed by atoms with Gasteiger partial charge in [0.05, 0.1) is 12.8 Å². The molecule has 1 aromatic heterocycles. The Hall–Kier alpha value is -1.13. The van der Waals surface area contributed by atoms with Crippen LogP contribution in [0.3, 0.4) is 0 Å². The lowest BCUT2D eigenvalue weighted by molar-refractivity contribution is 0.396. The lowest BCUT2D eigenvalue weighted by Gasteiger charge is -2.14. The van der Waals surface area contributed by atoms with Gasteiger partial charge in [0.1, 0.15) is 5.75 Å². The summed E-state index contributed by atoms with van der Waals surface area (Å²) in [6.45, 7) is 6.85. The number of hydrogen-bond donors (Lipinski definition) is 1. The maximum Gasteiger partial charge on any atom is 0.128 e. The number of hydrogen-bond acceptors (Lipinski definition) is 4. The summed E-state index contributed by atoms with van der Waals surface area (Å²) in [5.74, 6) is 0.949. The van der Waals surface area contributed by atoms with Crippen LogP contribution in [0.4, 0.5) is 0 Å². The van der Waals surface area contributed by atoms with Gasteiger partial charge in [-0.3, -0.25) is 4.98 Å². The minimum atomic E-state index is 0.788. The van der Waals surface area contributed by atoms with Gasteiger partial charge in [-0.15, -0.1) is 0 Å². The van der Waals surface area contributed by atoms with E-state index in [1.165, 1.54) is 0 Å². The van der Waals surface area contributed by atoms with Gasteiger partial charge in [-0.2, -0.15) is 0 Å². The van der Waals surface area contributed by atoms with Gasteiger partial charge in [0.2, 0.25) is 0 Å². The highest BCUT2D eigenvalue weighted by molar-refractivity contribution is 5.40. The van der Waals surface area contributed by atoms with E-state index in [0.29, 0.717) is 0 Å². The molecule has 0 atom stereocenters. The molecule has 0 aliphatic heterocycles. The number of ether oxygens (including phenoxy) is 1. The Balaban J connectivity index is 2.60. The summed E-state index contributed by atoms with van der Waals surface area (Å²) in [5, 5.41) is 3.38. The quantitative estimate of drug-likeness (QED) is 0.758. The van der Waals surface area contributed by atoms with Gasteiger partial charge in [-0.05, 0) is 27.9 Å². The smallest absolute Gasteiger partial charge is 0.128 e. The van der Waals surface area contributed by atoms with Crippen molar-refractivity contribution in [3.63, 3.8) is 0 Å². The Labute approximate surface area is 104 Å². The molecule has 1 heterocycles. The van der Waals surface area contributed by atoms with E-state index in [0.717, 1.165) is 42.2 Å². The summed E-state index contributed by atoms with van der Waals surface area (Å²) in [6.07, 6.45) is 1.87. The van der Waals surface area contributed by atoms with Crippen LogP contribution in [0.25, 0.3) is 0 Å². The molecule has 0 aliphatic rings. The molecule has 0 aliphatic carbocycles. The molecule has 17 heavy (non-hydrogen) atoms. The highest BCUT2D eigenvalue weighted by Gasteiger charge is 2.08. The second-order valence-corrected chi connectivity index (χ2v) is 4.53. The van der Waals surface area contributed by atoms with Crippen LogP contribution >= 0.6 is 0 Å². The SMILES string of the molecule is COc1c(C)cnc(CNCCN(C)C)c1C. The van der Waals surface area contributed by atoms with Crippen molar-refractivity contribution in [3.05, 3.63) is 23.0 Å². The number of likely N-dealkylation sites (N-methyl/N-ethyl adjacent to an activating group) is 1. The second kappa shape index (κ2) is 6.57. The molecule has 4 nitrogen and oxygen atoms in total. The Kier molecular flexibility index (Phi) is 5.38. The Morgan fingerprint density at radius 1 is 1.35 bits per heavy atom. The van der Waals surface area contributed by atoms with Crippen molar-refractivity contribution in [1.29, 1.82) is 0 Å². The number of aryl methyl sites for hydroxylation is 1. The van der Waals surface area contributed by atoms with E-state index in [1.807, 2.05) is 13.1 Å². The summed E-state index contributed by atoms with van der Waals surface area (Å²) >= 11 is 0. The fourth-order valence-electron chi connectivity index (χ4n) is 1.76. The van der Waals surface area contributed by atoms with Gasteiger partial charge in [0.15, 0.2) is 0 Å². The Morgan fingerprint density at radius 3 is 2.65 bits per heavy atom. The van der Waals surface area contributed by atoms with Gasteiger partial charge in [-0.1, -0.05) is 0 Å². The molecule has 0 unspecified atom stereocenters. The van der Waals surface area contributed by atoms with Gasteiger partial charge in [0, 0.05) is 37.0 Å². The van der Waals surface area contributed by atoms with Crippen LogP contribution < -0.4 is 10.1 Å². The minimum absolute atomic E-state index is 0.788. The highest BCUT2D eigenvalue weighted by Crippen LogP contribution is 2.23. The molecule has 0 bridgehead atoms. The fourth-order valence-corrected chi connectivity index (χ4v) is 1.76. The van der Waals surface area contributed by atoms with Crippen molar-refractivity contribution in [2.45, 2.75) is 20.4 Å². The number of methoxy groups -OCH3 is 1. The molecule has 0 radical (unpaired) electrons. The first-order valence-electron chi connectivity index (χ1n) is 5.90. The summed E-state index contributed by atoms with van der Waals surface area (Å²) in [4.78, 5) is 6.60. The largest absolute Gasteiger partial charge is 0.496 e. The zero-order valence-corrected chi connectivity index (χ0v) is 11.5. The van der Waals surface area contributed by atoms with Crippen LogP contribution in [0.2, 0.25) is 0 Å². The Bertz CT molecular complexity index is 364. The number of pyridine rings is 1. The van der Waals surface area contributed by atoms with Gasteiger partial charge >= 0.3 is 0 Å². The van der Waals surface area contributed by atoms with Crippen molar-refractivity contribution in [1.82, 2.24) is 15.2 Å². The average molecular weight is 237 g/mol. The zero-order valence-electron chi connectivity index (χ0n) is 11.5. The van der Waals surface area contributed by atoms with E-state index in [9.17, 15) is 0 Å². The first-order valence-corrected chi connectivity index (χ1v) is 5.90. The third-order valence-corrected chi connectivity index (χ3v) is 2.78. The van der Waals surface area contributed by atoms with Crippen molar-refractivity contribution >= 4 is 0 Å². The monoisotopic (exact) mass is 237 g/mol. The lowest BCUT2D eigenvalue weighted by atomic mass is 10.1. The highest BCUT2D eigenvalue weighted by atomic mass is 16.5. The van der Waals surface area contributed by atoms with Gasteiger partial charge in [-0.25, -0.2) is 0 Å². The molecule has 0 saturated heterocycles. The molecular formula is C13H23N3O. The van der Waals surface area contributed by atoms with Crippen LogP contribution in [0.1, 0.15) is 16.8 Å².